The van der Waals surface area contributed by atoms with Crippen molar-refractivity contribution in [3.8, 4) is 0 Å². The lowest BCUT2D eigenvalue weighted by Gasteiger charge is -2.02. The summed E-state index contributed by atoms with van der Waals surface area (Å²) >= 11 is 0. The van der Waals surface area contributed by atoms with E-state index in [1.165, 1.54) is 6.92 Å². The molecule has 0 saturated carbocycles. The van der Waals surface area contributed by atoms with E-state index in [1.54, 1.807) is 36.4 Å². The summed E-state index contributed by atoms with van der Waals surface area (Å²) in [4.78, 5) is 40.6. The van der Waals surface area contributed by atoms with Crippen LogP contribution in [0.3, 0.4) is 0 Å². The number of hydrogen-bond acceptors (Lipinski definition) is 4. The third-order valence-corrected chi connectivity index (χ3v) is 3.83. The van der Waals surface area contributed by atoms with E-state index in [-0.39, 0.29) is 34.4 Å². The van der Waals surface area contributed by atoms with Gasteiger partial charge in [-0.2, -0.15) is 0 Å². The Balaban J connectivity index is 1.92. The molecule has 0 amide bonds. The number of esters is 1. The fraction of sp³-hybridized carbons (Fsp3) is 0.0952. The highest BCUT2D eigenvalue weighted by atomic mass is 16.5. The summed E-state index contributed by atoms with van der Waals surface area (Å²) in [6.07, 6.45) is 3.20. The normalized spacial score (nSPS) is 12.2. The van der Waals surface area contributed by atoms with Gasteiger partial charge >= 0.3 is 5.97 Å². The predicted molar refractivity (Wildman–Crippen MR) is 102 cm³/mol. The van der Waals surface area contributed by atoms with E-state index in [4.69, 9.17) is 4.74 Å². The molecule has 1 aromatic heterocycles. The minimum absolute atomic E-state index is 0.165. The molecule has 0 aliphatic carbocycles. The number of benzene rings is 2. The maximum Gasteiger partial charge on any atom is 0.302 e. The second-order valence-corrected chi connectivity index (χ2v) is 5.96. The molecular formula is C21H18N2O4. The quantitative estimate of drug-likeness (QED) is 0.671. The zero-order valence-corrected chi connectivity index (χ0v) is 14.7. The fourth-order valence-electron chi connectivity index (χ4n) is 2.47. The van der Waals surface area contributed by atoms with E-state index in [2.05, 4.69) is 9.97 Å². The number of rotatable bonds is 4. The maximum absolute atomic E-state index is 12.3. The molecular weight excluding hydrogens is 344 g/mol. The first kappa shape index (κ1) is 18.1. The lowest BCUT2D eigenvalue weighted by molar-refractivity contribution is -0.142. The summed E-state index contributed by atoms with van der Waals surface area (Å²) in [5, 5.41) is 0.359. The molecule has 0 bridgehead atoms. The van der Waals surface area contributed by atoms with Gasteiger partial charge in [0.25, 0.3) is 11.1 Å². The van der Waals surface area contributed by atoms with Gasteiger partial charge in [-0.25, -0.2) is 0 Å². The van der Waals surface area contributed by atoms with Gasteiger partial charge in [0.1, 0.15) is 17.3 Å². The fourth-order valence-corrected chi connectivity index (χ4v) is 2.47. The van der Waals surface area contributed by atoms with Crippen LogP contribution in [0.1, 0.15) is 23.6 Å². The molecule has 0 aliphatic heterocycles. The van der Waals surface area contributed by atoms with E-state index in [0.717, 1.165) is 16.7 Å². The Morgan fingerprint density at radius 1 is 0.852 bits per heavy atom. The molecule has 3 aromatic rings. The minimum Gasteiger partial charge on any atom is -0.461 e. The Kier molecular flexibility index (Phi) is 5.47. The first-order valence-corrected chi connectivity index (χ1v) is 8.35. The number of nitrogens with one attached hydrogen (secondary N) is 2. The van der Waals surface area contributed by atoms with Gasteiger partial charge in [0, 0.05) is 6.92 Å². The Bertz CT molecular complexity index is 1170. The average molecular weight is 362 g/mol. The van der Waals surface area contributed by atoms with Crippen molar-refractivity contribution in [3.05, 3.63) is 103 Å². The molecule has 0 aliphatic rings. The van der Waals surface area contributed by atoms with Gasteiger partial charge in [0.15, 0.2) is 0 Å². The van der Waals surface area contributed by atoms with Gasteiger partial charge < -0.3 is 14.7 Å². The maximum atomic E-state index is 12.3. The standard InChI is InChI=1S/C21H18N2O4/c1-14(24)27-13-17-9-7-16(8-10-17)12-19-21(26)22-18(20(25)23-19)11-15-5-3-2-4-6-15/h2-12H,13H2,1H3,(H,22,26)(H,23,25). The van der Waals surface area contributed by atoms with Gasteiger partial charge in [-0.05, 0) is 28.8 Å². The van der Waals surface area contributed by atoms with Crippen LogP contribution in [0.4, 0.5) is 0 Å². The Morgan fingerprint density at radius 3 is 1.89 bits per heavy atom. The molecule has 27 heavy (non-hydrogen) atoms. The highest BCUT2D eigenvalue weighted by molar-refractivity contribution is 5.65. The zero-order chi connectivity index (χ0) is 19.2. The number of aromatic nitrogens is 2. The van der Waals surface area contributed by atoms with Crippen molar-refractivity contribution in [1.29, 1.82) is 0 Å². The van der Waals surface area contributed by atoms with Gasteiger partial charge in [0.2, 0.25) is 0 Å². The van der Waals surface area contributed by atoms with Crippen molar-refractivity contribution in [2.45, 2.75) is 13.5 Å². The predicted octanol–water partition coefficient (Wildman–Crippen LogP) is 0.784. The van der Waals surface area contributed by atoms with Crippen LogP contribution in [0.5, 0.6) is 0 Å². The average Bonchev–Trinajstić information content (AvgIpc) is 2.66. The lowest BCUT2D eigenvalue weighted by Crippen LogP contribution is -2.46. The second kappa shape index (κ2) is 8.14. The Labute approximate surface area is 154 Å². The van der Waals surface area contributed by atoms with E-state index in [9.17, 15) is 14.4 Å². The SMILES string of the molecule is CC(=O)OCc1ccc(C=c2[nH]c(=O)c(=Cc3ccccc3)[nH]c2=O)cc1. The summed E-state index contributed by atoms with van der Waals surface area (Å²) < 4.78 is 4.93. The van der Waals surface area contributed by atoms with E-state index < -0.39 is 0 Å². The first-order valence-electron chi connectivity index (χ1n) is 8.35. The number of ether oxygens (including phenoxy) is 1. The van der Waals surface area contributed by atoms with Crippen molar-refractivity contribution in [3.63, 3.8) is 0 Å². The minimum atomic E-state index is -0.388. The smallest absolute Gasteiger partial charge is 0.302 e. The molecule has 6 nitrogen and oxygen atoms in total. The third-order valence-electron chi connectivity index (χ3n) is 3.83. The van der Waals surface area contributed by atoms with Crippen LogP contribution in [0.2, 0.25) is 0 Å². The molecule has 0 fully saturated rings. The number of carbonyl (C=O) groups excluding carboxylic acids is 1. The van der Waals surface area contributed by atoms with Crippen LogP contribution in [0, 0.1) is 0 Å². The van der Waals surface area contributed by atoms with Crippen LogP contribution in [0.15, 0.2) is 64.2 Å². The van der Waals surface area contributed by atoms with E-state index >= 15 is 0 Å². The van der Waals surface area contributed by atoms with Crippen LogP contribution in [0.25, 0.3) is 12.2 Å². The van der Waals surface area contributed by atoms with Crippen molar-refractivity contribution in [2.75, 3.05) is 0 Å². The Morgan fingerprint density at radius 2 is 1.37 bits per heavy atom. The topological polar surface area (TPSA) is 92.0 Å². The van der Waals surface area contributed by atoms with Gasteiger partial charge in [-0.1, -0.05) is 54.6 Å². The molecule has 2 N–H and O–H groups in total. The van der Waals surface area contributed by atoms with Crippen LogP contribution < -0.4 is 21.8 Å². The zero-order valence-electron chi connectivity index (χ0n) is 14.7. The lowest BCUT2D eigenvalue weighted by atomic mass is 10.1. The van der Waals surface area contributed by atoms with Gasteiger partial charge in [0.05, 0.1) is 0 Å². The summed E-state index contributed by atoms with van der Waals surface area (Å²) in [7, 11) is 0. The summed E-state index contributed by atoms with van der Waals surface area (Å²) in [5.74, 6) is -0.345. The molecule has 0 spiro atoms. The van der Waals surface area contributed by atoms with Crippen molar-refractivity contribution in [2.24, 2.45) is 0 Å². The molecule has 2 aromatic carbocycles. The van der Waals surface area contributed by atoms with Crippen LogP contribution in [-0.2, 0) is 16.1 Å². The van der Waals surface area contributed by atoms with E-state index in [0.29, 0.717) is 0 Å². The highest BCUT2D eigenvalue weighted by Crippen LogP contribution is 2.06. The number of aromatic amines is 2. The molecule has 136 valence electrons. The van der Waals surface area contributed by atoms with Crippen molar-refractivity contribution in [1.82, 2.24) is 9.97 Å². The van der Waals surface area contributed by atoms with Gasteiger partial charge in [-0.3, -0.25) is 14.4 Å². The van der Waals surface area contributed by atoms with Crippen LogP contribution in [-0.4, -0.2) is 15.9 Å². The summed E-state index contributed by atoms with van der Waals surface area (Å²) in [5.41, 5.74) is 1.62. The summed E-state index contributed by atoms with van der Waals surface area (Å²) in [6.45, 7) is 1.54. The molecule has 0 atom stereocenters. The monoisotopic (exact) mass is 362 g/mol. The molecule has 0 radical (unpaired) electrons. The van der Waals surface area contributed by atoms with Crippen molar-refractivity contribution >= 4 is 18.1 Å². The van der Waals surface area contributed by atoms with Gasteiger partial charge in [-0.15, -0.1) is 0 Å². The number of H-pyrrole nitrogens is 2. The number of carbonyl (C=O) groups is 1. The summed E-state index contributed by atoms with van der Waals surface area (Å²) in [6, 6.07) is 16.4. The van der Waals surface area contributed by atoms with Crippen LogP contribution >= 0.6 is 0 Å². The molecule has 3 rings (SSSR count). The van der Waals surface area contributed by atoms with Crippen molar-refractivity contribution < 1.29 is 9.53 Å². The molecule has 0 saturated heterocycles. The third kappa shape index (κ3) is 4.92. The molecule has 1 heterocycles. The first-order chi connectivity index (χ1) is 13.0. The Hall–Kier alpha value is -3.67. The van der Waals surface area contributed by atoms with E-state index in [1.807, 2.05) is 30.3 Å². The number of hydrogen-bond donors (Lipinski definition) is 2. The second-order valence-electron chi connectivity index (χ2n) is 5.96. The largest absolute Gasteiger partial charge is 0.461 e. The molecule has 6 heteroatoms. The highest BCUT2D eigenvalue weighted by Gasteiger charge is 1.99. The molecule has 0 unspecified atom stereocenters.